The molecule has 1 aromatic rings. The lowest BCUT2D eigenvalue weighted by atomic mass is 9.87. The lowest BCUT2D eigenvalue weighted by Gasteiger charge is -2.21. The highest BCUT2D eigenvalue weighted by Crippen LogP contribution is 2.28. The highest BCUT2D eigenvalue weighted by atomic mass is 19.1. The molecule has 96 valence electrons. The van der Waals surface area contributed by atoms with Gasteiger partial charge in [-0.15, -0.1) is 0 Å². The number of rotatable bonds is 4. The fourth-order valence-corrected chi connectivity index (χ4v) is 2.36. The van der Waals surface area contributed by atoms with Crippen LogP contribution in [-0.2, 0) is 11.2 Å². The Hall–Kier alpha value is -1.57. The number of ether oxygens (including phenoxy) is 1. The van der Waals surface area contributed by atoms with Gasteiger partial charge in [-0.25, -0.2) is 4.39 Å². The lowest BCUT2D eigenvalue weighted by molar-refractivity contribution is 0.299. The molecule has 0 aliphatic heterocycles. The number of hydrogen-bond acceptors (Lipinski definition) is 1. The maximum Gasteiger partial charge on any atom is 0.126 e. The van der Waals surface area contributed by atoms with Crippen LogP contribution in [-0.4, -0.2) is 7.11 Å². The maximum absolute atomic E-state index is 13.5. The van der Waals surface area contributed by atoms with E-state index in [1.165, 1.54) is 11.6 Å². The molecule has 1 aliphatic rings. The second-order valence-electron chi connectivity index (χ2n) is 4.76. The average molecular weight is 246 g/mol. The number of hydrogen-bond donors (Lipinski definition) is 0. The van der Waals surface area contributed by atoms with Gasteiger partial charge in [0.15, 0.2) is 0 Å². The SMILES string of the molecule is COC1=CCC(CCc2ccccc2F)C(C)=C1. The predicted molar refractivity (Wildman–Crippen MR) is 71.7 cm³/mol. The van der Waals surface area contributed by atoms with E-state index in [0.29, 0.717) is 5.92 Å². The van der Waals surface area contributed by atoms with E-state index in [2.05, 4.69) is 19.1 Å². The Labute approximate surface area is 108 Å². The smallest absolute Gasteiger partial charge is 0.126 e. The van der Waals surface area contributed by atoms with E-state index in [1.54, 1.807) is 13.2 Å². The largest absolute Gasteiger partial charge is 0.497 e. The van der Waals surface area contributed by atoms with Crippen LogP contribution in [0.15, 0.2) is 47.7 Å². The lowest BCUT2D eigenvalue weighted by Crippen LogP contribution is -2.08. The average Bonchev–Trinajstić information content (AvgIpc) is 2.39. The number of aryl methyl sites for hydroxylation is 1. The zero-order valence-corrected chi connectivity index (χ0v) is 10.9. The van der Waals surface area contributed by atoms with Gasteiger partial charge in [-0.2, -0.15) is 0 Å². The molecular formula is C16H19FO. The second-order valence-corrected chi connectivity index (χ2v) is 4.76. The molecule has 0 radical (unpaired) electrons. The van der Waals surface area contributed by atoms with Crippen molar-refractivity contribution >= 4 is 0 Å². The third-order valence-corrected chi connectivity index (χ3v) is 3.57. The van der Waals surface area contributed by atoms with Gasteiger partial charge < -0.3 is 4.74 Å². The Bertz CT molecular complexity index is 474. The minimum atomic E-state index is -0.0944. The van der Waals surface area contributed by atoms with Crippen LogP contribution in [0.1, 0.15) is 25.3 Å². The van der Waals surface area contributed by atoms with E-state index < -0.39 is 0 Å². The highest BCUT2D eigenvalue weighted by Gasteiger charge is 2.15. The van der Waals surface area contributed by atoms with Crippen LogP contribution in [0.25, 0.3) is 0 Å². The summed E-state index contributed by atoms with van der Waals surface area (Å²) in [4.78, 5) is 0. The quantitative estimate of drug-likeness (QED) is 0.771. The molecule has 0 saturated heterocycles. The van der Waals surface area contributed by atoms with Crippen molar-refractivity contribution in [2.24, 2.45) is 5.92 Å². The van der Waals surface area contributed by atoms with Gasteiger partial charge in [0.25, 0.3) is 0 Å². The van der Waals surface area contributed by atoms with Crippen LogP contribution in [0.3, 0.4) is 0 Å². The summed E-state index contributed by atoms with van der Waals surface area (Å²) in [6.45, 7) is 2.12. The molecular weight excluding hydrogens is 227 g/mol. The Morgan fingerprint density at radius 2 is 2.11 bits per heavy atom. The summed E-state index contributed by atoms with van der Waals surface area (Å²) in [5.41, 5.74) is 2.14. The Kier molecular flexibility index (Phi) is 4.19. The van der Waals surface area contributed by atoms with E-state index in [0.717, 1.165) is 30.6 Å². The van der Waals surface area contributed by atoms with Crippen LogP contribution in [0.5, 0.6) is 0 Å². The molecule has 0 spiro atoms. The molecule has 0 N–H and O–H groups in total. The van der Waals surface area contributed by atoms with Crippen molar-refractivity contribution in [2.75, 3.05) is 7.11 Å². The van der Waals surface area contributed by atoms with Crippen molar-refractivity contribution in [2.45, 2.75) is 26.2 Å². The van der Waals surface area contributed by atoms with Gasteiger partial charge >= 0.3 is 0 Å². The Morgan fingerprint density at radius 1 is 1.33 bits per heavy atom. The maximum atomic E-state index is 13.5. The normalized spacial score (nSPS) is 19.2. The number of halogens is 1. The third-order valence-electron chi connectivity index (χ3n) is 3.57. The van der Waals surface area contributed by atoms with E-state index in [1.807, 2.05) is 12.1 Å². The second kappa shape index (κ2) is 5.85. The minimum Gasteiger partial charge on any atom is -0.497 e. The molecule has 0 fully saturated rings. The summed E-state index contributed by atoms with van der Waals surface area (Å²) in [5, 5.41) is 0. The number of benzene rings is 1. The Balaban J connectivity index is 1.95. The molecule has 1 nitrogen and oxygen atoms in total. The van der Waals surface area contributed by atoms with Crippen molar-refractivity contribution in [3.05, 3.63) is 59.1 Å². The summed E-state index contributed by atoms with van der Waals surface area (Å²) in [6.07, 6.45) is 6.95. The van der Waals surface area contributed by atoms with Crippen LogP contribution in [0.4, 0.5) is 4.39 Å². The summed E-state index contributed by atoms with van der Waals surface area (Å²) in [7, 11) is 1.69. The number of allylic oxidation sites excluding steroid dienone is 3. The van der Waals surface area contributed by atoms with E-state index in [4.69, 9.17) is 4.74 Å². The van der Waals surface area contributed by atoms with Crippen molar-refractivity contribution < 1.29 is 9.13 Å². The predicted octanol–water partition coefficient (Wildman–Crippen LogP) is 4.25. The highest BCUT2D eigenvalue weighted by molar-refractivity contribution is 5.25. The van der Waals surface area contributed by atoms with Gasteiger partial charge in [0, 0.05) is 0 Å². The van der Waals surface area contributed by atoms with Crippen molar-refractivity contribution in [1.29, 1.82) is 0 Å². The zero-order valence-electron chi connectivity index (χ0n) is 10.9. The molecule has 0 amide bonds. The van der Waals surface area contributed by atoms with Crippen LogP contribution >= 0.6 is 0 Å². The Morgan fingerprint density at radius 3 is 2.78 bits per heavy atom. The number of methoxy groups -OCH3 is 1. The van der Waals surface area contributed by atoms with Crippen molar-refractivity contribution in [3.63, 3.8) is 0 Å². The van der Waals surface area contributed by atoms with Crippen molar-refractivity contribution in [3.8, 4) is 0 Å². The van der Waals surface area contributed by atoms with Crippen LogP contribution in [0.2, 0.25) is 0 Å². The molecule has 0 saturated carbocycles. The van der Waals surface area contributed by atoms with E-state index >= 15 is 0 Å². The summed E-state index contributed by atoms with van der Waals surface area (Å²) in [6, 6.07) is 7.03. The molecule has 1 unspecified atom stereocenters. The fourth-order valence-electron chi connectivity index (χ4n) is 2.36. The van der Waals surface area contributed by atoms with Crippen molar-refractivity contribution in [1.82, 2.24) is 0 Å². The first kappa shape index (κ1) is 12.9. The van der Waals surface area contributed by atoms with Gasteiger partial charge in [-0.05, 0) is 55.9 Å². The summed E-state index contributed by atoms with van der Waals surface area (Å²) < 4.78 is 18.7. The zero-order chi connectivity index (χ0) is 13.0. The third kappa shape index (κ3) is 3.00. The molecule has 18 heavy (non-hydrogen) atoms. The van der Waals surface area contributed by atoms with Crippen LogP contribution in [0, 0.1) is 11.7 Å². The van der Waals surface area contributed by atoms with E-state index in [-0.39, 0.29) is 5.82 Å². The molecule has 1 aliphatic carbocycles. The molecule has 1 atom stereocenters. The molecule has 0 heterocycles. The standard InChI is InChI=1S/C16H19FO/c1-12-11-15(18-2)10-9-13(12)7-8-14-5-3-4-6-16(14)17/h3-6,10-11,13H,7-9H2,1-2H3. The first-order valence-electron chi connectivity index (χ1n) is 6.36. The molecule has 0 bridgehead atoms. The summed E-state index contributed by atoms with van der Waals surface area (Å²) in [5.74, 6) is 1.35. The van der Waals surface area contributed by atoms with Crippen LogP contribution < -0.4 is 0 Å². The molecule has 1 aromatic carbocycles. The van der Waals surface area contributed by atoms with E-state index in [9.17, 15) is 4.39 Å². The first-order chi connectivity index (χ1) is 8.70. The van der Waals surface area contributed by atoms with Gasteiger partial charge in [0.2, 0.25) is 0 Å². The minimum absolute atomic E-state index is 0.0944. The summed E-state index contributed by atoms with van der Waals surface area (Å²) >= 11 is 0. The van der Waals surface area contributed by atoms with Gasteiger partial charge in [-0.3, -0.25) is 0 Å². The van der Waals surface area contributed by atoms with Gasteiger partial charge in [-0.1, -0.05) is 23.8 Å². The first-order valence-corrected chi connectivity index (χ1v) is 6.36. The topological polar surface area (TPSA) is 9.23 Å². The monoisotopic (exact) mass is 246 g/mol. The van der Waals surface area contributed by atoms with Gasteiger partial charge in [0.1, 0.15) is 11.6 Å². The fraction of sp³-hybridized carbons (Fsp3) is 0.375. The molecule has 0 aromatic heterocycles. The molecule has 2 rings (SSSR count). The van der Waals surface area contributed by atoms with Gasteiger partial charge in [0.05, 0.1) is 7.11 Å². The molecule has 2 heteroatoms.